The Balaban J connectivity index is 1.29. The standard InChI is InChI=1S/C31H40ClNO5/c1-34-17-4-5-27-28(37-22-23-7-9-24(10-8-23)25-11-13-26(32)14-12-25)21-29(38-30-6-2-3-18-36-30)31(27)33-15-19-35-20-16-33/h4,7-14,17,27-31H,2-3,5-6,15-16,18-22H2,1H3/t27-,28-,29+,30?,31+/m0/s1. The summed E-state index contributed by atoms with van der Waals surface area (Å²) in [5.74, 6) is 0.293. The predicted octanol–water partition coefficient (Wildman–Crippen LogP) is 6.07. The van der Waals surface area contributed by atoms with Gasteiger partial charge in [0.15, 0.2) is 6.29 Å². The average molecular weight is 542 g/mol. The number of methoxy groups -OCH3 is 1. The van der Waals surface area contributed by atoms with Crippen molar-refractivity contribution < 1.29 is 23.7 Å². The molecular weight excluding hydrogens is 502 g/mol. The molecule has 0 aromatic heterocycles. The van der Waals surface area contributed by atoms with Crippen LogP contribution in [-0.4, -0.2) is 69.5 Å². The Hall–Kier alpha value is -1.93. The number of benzene rings is 2. The fourth-order valence-corrected chi connectivity index (χ4v) is 6.13. The van der Waals surface area contributed by atoms with Crippen molar-refractivity contribution in [3.8, 4) is 11.1 Å². The number of allylic oxidation sites excluding steroid dienone is 1. The first-order chi connectivity index (χ1) is 18.7. The van der Waals surface area contributed by atoms with E-state index in [0.717, 1.165) is 81.2 Å². The molecule has 0 amide bonds. The minimum atomic E-state index is -0.119. The van der Waals surface area contributed by atoms with Crippen LogP contribution >= 0.6 is 11.6 Å². The van der Waals surface area contributed by atoms with E-state index in [2.05, 4.69) is 35.2 Å². The number of nitrogens with zero attached hydrogens (tertiary/aromatic N) is 1. The van der Waals surface area contributed by atoms with E-state index >= 15 is 0 Å². The van der Waals surface area contributed by atoms with Crippen molar-refractivity contribution in [1.82, 2.24) is 4.90 Å². The number of hydrogen-bond acceptors (Lipinski definition) is 6. The van der Waals surface area contributed by atoms with Gasteiger partial charge < -0.3 is 23.7 Å². The highest BCUT2D eigenvalue weighted by Crippen LogP contribution is 2.39. The summed E-state index contributed by atoms with van der Waals surface area (Å²) in [5, 5.41) is 0.748. The van der Waals surface area contributed by atoms with E-state index in [4.69, 9.17) is 35.3 Å². The third-order valence-electron chi connectivity index (χ3n) is 7.93. The monoisotopic (exact) mass is 541 g/mol. The van der Waals surface area contributed by atoms with E-state index < -0.39 is 0 Å². The highest BCUT2D eigenvalue weighted by Gasteiger charge is 2.48. The van der Waals surface area contributed by atoms with E-state index in [1.807, 2.05) is 24.3 Å². The van der Waals surface area contributed by atoms with Crippen LogP contribution in [-0.2, 0) is 30.3 Å². The molecule has 5 rings (SSSR count). The molecule has 3 fully saturated rings. The molecule has 6 nitrogen and oxygen atoms in total. The number of hydrogen-bond donors (Lipinski definition) is 0. The van der Waals surface area contributed by atoms with Crippen molar-refractivity contribution in [2.75, 3.05) is 40.0 Å². The van der Waals surface area contributed by atoms with E-state index in [1.54, 1.807) is 13.4 Å². The van der Waals surface area contributed by atoms with Crippen molar-refractivity contribution in [3.63, 3.8) is 0 Å². The lowest BCUT2D eigenvalue weighted by atomic mass is 9.95. The predicted molar refractivity (Wildman–Crippen MR) is 149 cm³/mol. The molecule has 0 radical (unpaired) electrons. The third-order valence-corrected chi connectivity index (χ3v) is 8.18. The third kappa shape index (κ3) is 7.17. The zero-order valence-corrected chi connectivity index (χ0v) is 23.1. The number of morpholine rings is 1. The fraction of sp³-hybridized carbons (Fsp3) is 0.548. The smallest absolute Gasteiger partial charge is 0.158 e. The molecule has 1 unspecified atom stereocenters. The van der Waals surface area contributed by atoms with Crippen molar-refractivity contribution in [3.05, 3.63) is 71.5 Å². The normalized spacial score (nSPS) is 28.6. The van der Waals surface area contributed by atoms with Crippen LogP contribution < -0.4 is 0 Å². The molecule has 206 valence electrons. The van der Waals surface area contributed by atoms with Crippen LogP contribution in [0.15, 0.2) is 60.9 Å². The first-order valence-corrected chi connectivity index (χ1v) is 14.3. The van der Waals surface area contributed by atoms with E-state index in [-0.39, 0.29) is 24.5 Å². The Labute approximate surface area is 231 Å². The summed E-state index contributed by atoms with van der Waals surface area (Å²) in [6.45, 7) is 4.70. The van der Waals surface area contributed by atoms with E-state index in [1.165, 1.54) is 5.56 Å². The van der Waals surface area contributed by atoms with E-state index in [0.29, 0.717) is 12.5 Å². The molecule has 0 N–H and O–H groups in total. The maximum Gasteiger partial charge on any atom is 0.158 e. The second kappa shape index (κ2) is 13.9. The van der Waals surface area contributed by atoms with Gasteiger partial charge in [-0.2, -0.15) is 0 Å². The lowest BCUT2D eigenvalue weighted by Crippen LogP contribution is -2.51. The minimum absolute atomic E-state index is 0.0643. The van der Waals surface area contributed by atoms with Gasteiger partial charge in [-0.15, -0.1) is 0 Å². The second-order valence-electron chi connectivity index (χ2n) is 10.4. The van der Waals surface area contributed by atoms with Crippen LogP contribution in [0.1, 0.15) is 37.7 Å². The summed E-state index contributed by atoms with van der Waals surface area (Å²) in [5.41, 5.74) is 3.49. The van der Waals surface area contributed by atoms with Crippen molar-refractivity contribution >= 4 is 11.6 Å². The molecule has 2 aromatic carbocycles. The number of rotatable bonds is 10. The van der Waals surface area contributed by atoms with Crippen LogP contribution in [0.25, 0.3) is 11.1 Å². The van der Waals surface area contributed by atoms with Gasteiger partial charge in [0, 0.05) is 43.1 Å². The first-order valence-electron chi connectivity index (χ1n) is 13.9. The molecule has 2 heterocycles. The second-order valence-corrected chi connectivity index (χ2v) is 10.8. The van der Waals surface area contributed by atoms with Crippen LogP contribution in [0.4, 0.5) is 0 Å². The summed E-state index contributed by atoms with van der Waals surface area (Å²) >= 11 is 6.05. The lowest BCUT2D eigenvalue weighted by Gasteiger charge is -2.39. The molecule has 1 saturated carbocycles. The Kier molecular flexibility index (Phi) is 10.1. The van der Waals surface area contributed by atoms with E-state index in [9.17, 15) is 0 Å². The Morgan fingerprint density at radius 2 is 1.68 bits per heavy atom. The topological polar surface area (TPSA) is 49.4 Å². The molecule has 0 spiro atoms. The lowest BCUT2D eigenvalue weighted by molar-refractivity contribution is -0.200. The maximum absolute atomic E-state index is 6.66. The minimum Gasteiger partial charge on any atom is -0.505 e. The molecule has 38 heavy (non-hydrogen) atoms. The molecule has 3 aliphatic rings. The van der Waals surface area contributed by atoms with Gasteiger partial charge in [0.25, 0.3) is 0 Å². The highest BCUT2D eigenvalue weighted by molar-refractivity contribution is 6.30. The number of halogens is 1. The zero-order chi connectivity index (χ0) is 26.2. The molecule has 7 heteroatoms. The SMILES string of the molecule is COC=CC[C@@H]1[C@@H](N2CCOCC2)[C@H](OC2CCCCO2)C[C@@H]1OCc1ccc(-c2ccc(Cl)cc2)cc1. The highest BCUT2D eigenvalue weighted by atomic mass is 35.5. The molecule has 5 atom stereocenters. The van der Waals surface area contributed by atoms with Crippen LogP contribution in [0.2, 0.25) is 5.02 Å². The van der Waals surface area contributed by atoms with Gasteiger partial charge >= 0.3 is 0 Å². The maximum atomic E-state index is 6.66. The van der Waals surface area contributed by atoms with Crippen molar-refractivity contribution in [2.45, 2.75) is 63.3 Å². The molecular formula is C31H40ClNO5. The van der Waals surface area contributed by atoms with Gasteiger partial charge in [-0.25, -0.2) is 0 Å². The van der Waals surface area contributed by atoms with Crippen molar-refractivity contribution in [2.24, 2.45) is 5.92 Å². The van der Waals surface area contributed by atoms with Gasteiger partial charge in [0.2, 0.25) is 0 Å². The Morgan fingerprint density at radius 1 is 0.947 bits per heavy atom. The van der Waals surface area contributed by atoms with Crippen LogP contribution in [0, 0.1) is 5.92 Å². The summed E-state index contributed by atoms with van der Waals surface area (Å²) in [6, 6.07) is 16.8. The fourth-order valence-electron chi connectivity index (χ4n) is 6.00. The quantitative estimate of drug-likeness (QED) is 0.340. The van der Waals surface area contributed by atoms with Gasteiger partial charge in [0.05, 0.1) is 45.4 Å². The van der Waals surface area contributed by atoms with Crippen LogP contribution in [0.5, 0.6) is 0 Å². The largest absolute Gasteiger partial charge is 0.505 e. The molecule has 1 aliphatic carbocycles. The summed E-state index contributed by atoms with van der Waals surface area (Å²) in [4.78, 5) is 2.55. The van der Waals surface area contributed by atoms with Gasteiger partial charge in [-0.1, -0.05) is 48.0 Å². The van der Waals surface area contributed by atoms with Gasteiger partial charge in [0.1, 0.15) is 0 Å². The molecule has 2 aliphatic heterocycles. The summed E-state index contributed by atoms with van der Waals surface area (Å²) in [6.07, 6.45) is 8.89. The van der Waals surface area contributed by atoms with Gasteiger partial charge in [-0.05, 0) is 60.6 Å². The number of ether oxygens (including phenoxy) is 5. The first kappa shape index (κ1) is 27.6. The summed E-state index contributed by atoms with van der Waals surface area (Å²) < 4.78 is 30.2. The van der Waals surface area contributed by atoms with Crippen LogP contribution in [0.3, 0.4) is 0 Å². The molecule has 2 saturated heterocycles. The zero-order valence-electron chi connectivity index (χ0n) is 22.3. The van der Waals surface area contributed by atoms with Gasteiger partial charge in [-0.3, -0.25) is 4.90 Å². The summed E-state index contributed by atoms with van der Waals surface area (Å²) in [7, 11) is 1.69. The van der Waals surface area contributed by atoms with Crippen molar-refractivity contribution in [1.29, 1.82) is 0 Å². The Bertz CT molecular complexity index is 1000. The Morgan fingerprint density at radius 3 is 2.37 bits per heavy atom. The molecule has 0 bridgehead atoms. The molecule has 2 aromatic rings. The average Bonchev–Trinajstić information content (AvgIpc) is 3.30.